The highest BCUT2D eigenvalue weighted by Crippen LogP contribution is 2.25. The zero-order chi connectivity index (χ0) is 16.3. The number of nitrogens with zero attached hydrogens (tertiary/aromatic N) is 1. The van der Waals surface area contributed by atoms with Crippen LogP contribution in [0.15, 0.2) is 47.4 Å². The molecular formula is C16H17F2NO2S. The number of rotatable bonds is 5. The first kappa shape index (κ1) is 16.4. The molecule has 2 rings (SSSR count). The van der Waals surface area contributed by atoms with Gasteiger partial charge in [0.05, 0.1) is 10.6 Å². The molecule has 0 aromatic heterocycles. The summed E-state index contributed by atoms with van der Waals surface area (Å²) in [5.41, 5.74) is 0.844. The van der Waals surface area contributed by atoms with Crippen molar-refractivity contribution >= 4 is 15.7 Å². The van der Waals surface area contributed by atoms with Crippen LogP contribution in [0, 0.1) is 11.6 Å². The molecule has 0 saturated heterocycles. The molecule has 0 aliphatic carbocycles. The lowest BCUT2D eigenvalue weighted by atomic mass is 10.1. The SMILES string of the molecule is CCCc1ccc(S(=O)(=O)N(C)c2ccc(F)cc2F)cc1. The van der Waals surface area contributed by atoms with Gasteiger partial charge in [-0.05, 0) is 36.2 Å². The first-order chi connectivity index (χ1) is 10.4. The van der Waals surface area contributed by atoms with E-state index in [-0.39, 0.29) is 10.6 Å². The van der Waals surface area contributed by atoms with E-state index in [4.69, 9.17) is 0 Å². The molecule has 6 heteroatoms. The zero-order valence-corrected chi connectivity index (χ0v) is 13.2. The van der Waals surface area contributed by atoms with Gasteiger partial charge in [0.1, 0.15) is 11.6 Å². The number of sulfonamides is 1. The number of hydrogen-bond acceptors (Lipinski definition) is 2. The highest BCUT2D eigenvalue weighted by molar-refractivity contribution is 7.92. The fourth-order valence-electron chi connectivity index (χ4n) is 2.14. The standard InChI is InChI=1S/C16H17F2NO2S/c1-3-4-12-5-8-14(9-6-12)22(20,21)19(2)16-10-7-13(17)11-15(16)18/h5-11H,3-4H2,1-2H3. The zero-order valence-electron chi connectivity index (χ0n) is 12.4. The van der Waals surface area contributed by atoms with Crippen LogP contribution in [0.5, 0.6) is 0 Å². The minimum absolute atomic E-state index is 0.0681. The molecule has 0 atom stereocenters. The lowest BCUT2D eigenvalue weighted by Crippen LogP contribution is -2.27. The second-order valence-corrected chi connectivity index (χ2v) is 6.93. The minimum atomic E-state index is -3.89. The molecule has 0 fully saturated rings. The summed E-state index contributed by atoms with van der Waals surface area (Å²) in [4.78, 5) is 0.0681. The third-order valence-electron chi connectivity index (χ3n) is 3.37. The Kier molecular flexibility index (Phi) is 4.81. The molecule has 0 amide bonds. The van der Waals surface area contributed by atoms with Crippen molar-refractivity contribution in [1.29, 1.82) is 0 Å². The molecule has 0 aliphatic rings. The largest absolute Gasteiger partial charge is 0.266 e. The second-order valence-electron chi connectivity index (χ2n) is 4.96. The topological polar surface area (TPSA) is 37.4 Å². The van der Waals surface area contributed by atoms with Gasteiger partial charge < -0.3 is 0 Å². The molecule has 118 valence electrons. The Labute approximate surface area is 129 Å². The highest BCUT2D eigenvalue weighted by Gasteiger charge is 2.23. The normalized spacial score (nSPS) is 11.5. The van der Waals surface area contributed by atoms with Gasteiger partial charge >= 0.3 is 0 Å². The summed E-state index contributed by atoms with van der Waals surface area (Å²) in [7, 11) is -2.65. The number of halogens is 2. The maximum Gasteiger partial charge on any atom is 0.264 e. The van der Waals surface area contributed by atoms with Crippen LogP contribution in [0.25, 0.3) is 0 Å². The Morgan fingerprint density at radius 3 is 2.23 bits per heavy atom. The van der Waals surface area contributed by atoms with E-state index in [9.17, 15) is 17.2 Å². The van der Waals surface area contributed by atoms with Gasteiger partial charge in [-0.2, -0.15) is 0 Å². The van der Waals surface area contributed by atoms with Crippen LogP contribution in [-0.4, -0.2) is 15.5 Å². The smallest absolute Gasteiger partial charge is 0.264 e. The second kappa shape index (κ2) is 6.44. The van der Waals surface area contributed by atoms with Crippen LogP contribution in [0.4, 0.5) is 14.5 Å². The van der Waals surface area contributed by atoms with Crippen molar-refractivity contribution in [3.05, 3.63) is 59.7 Å². The van der Waals surface area contributed by atoms with E-state index in [2.05, 4.69) is 0 Å². The molecule has 0 radical (unpaired) electrons. The Morgan fingerprint density at radius 2 is 1.68 bits per heavy atom. The molecule has 22 heavy (non-hydrogen) atoms. The van der Waals surface area contributed by atoms with Crippen molar-refractivity contribution in [2.75, 3.05) is 11.4 Å². The van der Waals surface area contributed by atoms with Crippen LogP contribution in [-0.2, 0) is 16.4 Å². The van der Waals surface area contributed by atoms with E-state index in [0.29, 0.717) is 6.07 Å². The lowest BCUT2D eigenvalue weighted by molar-refractivity contribution is 0.577. The van der Waals surface area contributed by atoms with E-state index in [1.165, 1.54) is 19.2 Å². The van der Waals surface area contributed by atoms with Crippen LogP contribution in [0.2, 0.25) is 0 Å². The molecule has 0 saturated carbocycles. The Morgan fingerprint density at radius 1 is 1.05 bits per heavy atom. The predicted octanol–water partition coefficient (Wildman–Crippen LogP) is 3.74. The summed E-state index contributed by atoms with van der Waals surface area (Å²) in [6.45, 7) is 2.04. The molecule has 0 heterocycles. The van der Waals surface area contributed by atoms with Crippen molar-refractivity contribution < 1.29 is 17.2 Å². The number of benzene rings is 2. The monoisotopic (exact) mass is 325 g/mol. The highest BCUT2D eigenvalue weighted by atomic mass is 32.2. The minimum Gasteiger partial charge on any atom is -0.266 e. The van der Waals surface area contributed by atoms with Crippen LogP contribution >= 0.6 is 0 Å². The van der Waals surface area contributed by atoms with Crippen molar-refractivity contribution in [2.24, 2.45) is 0 Å². The number of hydrogen-bond donors (Lipinski definition) is 0. The first-order valence-electron chi connectivity index (χ1n) is 6.89. The summed E-state index contributed by atoms with van der Waals surface area (Å²) in [5, 5.41) is 0. The van der Waals surface area contributed by atoms with Crippen molar-refractivity contribution in [3.63, 3.8) is 0 Å². The number of aryl methyl sites for hydroxylation is 1. The first-order valence-corrected chi connectivity index (χ1v) is 8.33. The molecule has 0 N–H and O–H groups in total. The van der Waals surface area contributed by atoms with E-state index < -0.39 is 21.7 Å². The van der Waals surface area contributed by atoms with Crippen molar-refractivity contribution in [1.82, 2.24) is 0 Å². The maximum atomic E-state index is 13.8. The van der Waals surface area contributed by atoms with Gasteiger partial charge in [0.25, 0.3) is 10.0 Å². The third-order valence-corrected chi connectivity index (χ3v) is 5.16. The van der Waals surface area contributed by atoms with E-state index in [1.54, 1.807) is 12.1 Å². The number of anilines is 1. The van der Waals surface area contributed by atoms with Gasteiger partial charge in [-0.25, -0.2) is 17.2 Å². The Bertz CT molecular complexity index is 758. The summed E-state index contributed by atoms with van der Waals surface area (Å²) in [6, 6.07) is 9.27. The molecule has 2 aromatic carbocycles. The lowest BCUT2D eigenvalue weighted by Gasteiger charge is -2.20. The molecule has 0 aliphatic heterocycles. The summed E-state index contributed by atoms with van der Waals surface area (Å²) in [6.07, 6.45) is 1.83. The van der Waals surface area contributed by atoms with Gasteiger partial charge in [-0.15, -0.1) is 0 Å². The van der Waals surface area contributed by atoms with Crippen molar-refractivity contribution in [2.45, 2.75) is 24.7 Å². The average Bonchev–Trinajstić information content (AvgIpc) is 2.47. The van der Waals surface area contributed by atoms with E-state index in [0.717, 1.165) is 34.8 Å². The predicted molar refractivity (Wildman–Crippen MR) is 82.4 cm³/mol. The third kappa shape index (κ3) is 3.27. The molecule has 0 bridgehead atoms. The Hall–Kier alpha value is -1.95. The van der Waals surface area contributed by atoms with E-state index >= 15 is 0 Å². The van der Waals surface area contributed by atoms with Crippen LogP contribution in [0.3, 0.4) is 0 Å². The van der Waals surface area contributed by atoms with Gasteiger partial charge in [0.2, 0.25) is 0 Å². The van der Waals surface area contributed by atoms with Gasteiger partial charge in [0, 0.05) is 13.1 Å². The quantitative estimate of drug-likeness (QED) is 0.840. The van der Waals surface area contributed by atoms with E-state index in [1.807, 2.05) is 6.92 Å². The molecule has 2 aromatic rings. The van der Waals surface area contributed by atoms with Gasteiger partial charge in [0.15, 0.2) is 0 Å². The van der Waals surface area contributed by atoms with Gasteiger partial charge in [-0.3, -0.25) is 4.31 Å². The molecule has 0 spiro atoms. The Balaban J connectivity index is 2.36. The fourth-order valence-corrected chi connectivity index (χ4v) is 3.34. The molecular weight excluding hydrogens is 308 g/mol. The van der Waals surface area contributed by atoms with Crippen molar-refractivity contribution in [3.8, 4) is 0 Å². The fraction of sp³-hybridized carbons (Fsp3) is 0.250. The summed E-state index contributed by atoms with van der Waals surface area (Å²) in [5.74, 6) is -1.68. The molecule has 0 unspecified atom stereocenters. The average molecular weight is 325 g/mol. The molecule has 3 nitrogen and oxygen atoms in total. The summed E-state index contributed by atoms with van der Waals surface area (Å²) >= 11 is 0. The van der Waals surface area contributed by atoms with Crippen LogP contribution < -0.4 is 4.31 Å². The maximum absolute atomic E-state index is 13.8. The van der Waals surface area contributed by atoms with Gasteiger partial charge in [-0.1, -0.05) is 25.5 Å². The van der Waals surface area contributed by atoms with Crippen LogP contribution in [0.1, 0.15) is 18.9 Å². The summed E-state index contributed by atoms with van der Waals surface area (Å²) < 4.78 is 52.5.